The van der Waals surface area contributed by atoms with Crippen LogP contribution in [0.25, 0.3) is 0 Å². The molecule has 0 saturated heterocycles. The van der Waals surface area contributed by atoms with Crippen molar-refractivity contribution in [2.45, 2.75) is 0 Å². The summed E-state index contributed by atoms with van der Waals surface area (Å²) in [5.74, 6) is 1.96. The normalized spacial score (nSPS) is 9.88. The van der Waals surface area contributed by atoms with Gasteiger partial charge >= 0.3 is 0 Å². The largest absolute Gasteiger partial charge is 0.492 e. The van der Waals surface area contributed by atoms with Gasteiger partial charge in [0.05, 0.1) is 6.54 Å². The summed E-state index contributed by atoms with van der Waals surface area (Å²) in [4.78, 5) is 0. The minimum Gasteiger partial charge on any atom is -0.492 e. The molecule has 5 heteroatoms. The Kier molecular flexibility index (Phi) is 3.75. The minimum absolute atomic E-state index is 0.413. The van der Waals surface area contributed by atoms with Crippen molar-refractivity contribution < 1.29 is 4.74 Å². The van der Waals surface area contributed by atoms with Gasteiger partial charge in [-0.15, -0.1) is 10.2 Å². The summed E-state index contributed by atoms with van der Waals surface area (Å²) in [6, 6.07) is 13.2. The van der Waals surface area contributed by atoms with Crippen LogP contribution in [0.15, 0.2) is 42.5 Å². The predicted octanol–water partition coefficient (Wildman–Crippen LogP) is 1.55. The number of aromatic nitrogens is 2. The molecule has 0 atom stereocenters. The maximum absolute atomic E-state index is 5.52. The summed E-state index contributed by atoms with van der Waals surface area (Å²) in [7, 11) is 0. The third-order valence-electron chi connectivity index (χ3n) is 2.11. The van der Waals surface area contributed by atoms with E-state index in [4.69, 9.17) is 10.5 Å². The summed E-state index contributed by atoms with van der Waals surface area (Å²) in [6.45, 7) is 1.23. The van der Waals surface area contributed by atoms with E-state index in [1.807, 2.05) is 30.3 Å². The number of nitrogens with one attached hydrogen (secondary N) is 1. The molecule has 17 heavy (non-hydrogen) atoms. The number of para-hydroxylation sites is 1. The van der Waals surface area contributed by atoms with Crippen LogP contribution in [0, 0.1) is 0 Å². The van der Waals surface area contributed by atoms with Gasteiger partial charge in [0.15, 0.2) is 0 Å². The second-order valence-corrected chi connectivity index (χ2v) is 3.43. The van der Waals surface area contributed by atoms with Crippen molar-refractivity contribution in [3.63, 3.8) is 0 Å². The van der Waals surface area contributed by atoms with E-state index < -0.39 is 0 Å². The van der Waals surface area contributed by atoms with Gasteiger partial charge < -0.3 is 15.8 Å². The number of hydrogen-bond acceptors (Lipinski definition) is 5. The monoisotopic (exact) mass is 230 g/mol. The van der Waals surface area contributed by atoms with Gasteiger partial charge in [-0.25, -0.2) is 0 Å². The number of nitrogens with zero attached hydrogens (tertiary/aromatic N) is 2. The van der Waals surface area contributed by atoms with Crippen molar-refractivity contribution in [2.75, 3.05) is 24.2 Å². The third-order valence-corrected chi connectivity index (χ3v) is 2.11. The molecule has 0 unspecified atom stereocenters. The lowest BCUT2D eigenvalue weighted by molar-refractivity contribution is 0.332. The highest BCUT2D eigenvalue weighted by molar-refractivity contribution is 5.38. The second kappa shape index (κ2) is 5.69. The van der Waals surface area contributed by atoms with Gasteiger partial charge in [-0.05, 0) is 24.3 Å². The molecule has 0 amide bonds. The summed E-state index contributed by atoms with van der Waals surface area (Å²) >= 11 is 0. The molecule has 0 aliphatic carbocycles. The van der Waals surface area contributed by atoms with E-state index in [9.17, 15) is 0 Å². The maximum Gasteiger partial charge on any atom is 0.148 e. The summed E-state index contributed by atoms with van der Waals surface area (Å²) < 4.78 is 5.52. The van der Waals surface area contributed by atoms with E-state index in [0.29, 0.717) is 24.8 Å². The van der Waals surface area contributed by atoms with Crippen molar-refractivity contribution in [3.8, 4) is 5.75 Å². The first-order chi connectivity index (χ1) is 8.34. The molecular formula is C12H14N4O. The Balaban J connectivity index is 1.71. The molecule has 0 aliphatic heterocycles. The zero-order valence-corrected chi connectivity index (χ0v) is 9.34. The SMILES string of the molecule is Nc1ccc(NCCOc2ccccc2)nn1. The van der Waals surface area contributed by atoms with E-state index >= 15 is 0 Å². The zero-order valence-electron chi connectivity index (χ0n) is 9.34. The topological polar surface area (TPSA) is 73.1 Å². The van der Waals surface area contributed by atoms with E-state index in [2.05, 4.69) is 15.5 Å². The van der Waals surface area contributed by atoms with Crippen LogP contribution < -0.4 is 15.8 Å². The molecule has 0 saturated carbocycles. The van der Waals surface area contributed by atoms with Crippen LogP contribution in [0.4, 0.5) is 11.6 Å². The fraction of sp³-hybridized carbons (Fsp3) is 0.167. The molecule has 0 radical (unpaired) electrons. The lowest BCUT2D eigenvalue weighted by Gasteiger charge is -2.07. The van der Waals surface area contributed by atoms with Crippen LogP contribution in [-0.4, -0.2) is 23.3 Å². The number of hydrogen-bond donors (Lipinski definition) is 2. The fourth-order valence-electron chi connectivity index (χ4n) is 1.30. The van der Waals surface area contributed by atoms with Gasteiger partial charge in [0.1, 0.15) is 24.0 Å². The highest BCUT2D eigenvalue weighted by Crippen LogP contribution is 2.08. The summed E-state index contributed by atoms with van der Waals surface area (Å²) in [6.07, 6.45) is 0. The number of anilines is 2. The molecule has 0 spiro atoms. The number of benzene rings is 1. The van der Waals surface area contributed by atoms with Gasteiger partial charge in [-0.3, -0.25) is 0 Å². The Hall–Kier alpha value is -2.30. The Morgan fingerprint density at radius 2 is 1.88 bits per heavy atom. The standard InChI is InChI=1S/C12H14N4O/c13-11-6-7-12(16-15-11)14-8-9-17-10-4-2-1-3-5-10/h1-7H,8-9H2,(H2,13,15)(H,14,16). The first kappa shape index (κ1) is 11.2. The highest BCUT2D eigenvalue weighted by atomic mass is 16.5. The van der Waals surface area contributed by atoms with Crippen LogP contribution in [0.1, 0.15) is 0 Å². The van der Waals surface area contributed by atoms with Crippen molar-refractivity contribution >= 4 is 11.6 Å². The zero-order chi connectivity index (χ0) is 11.9. The Morgan fingerprint density at radius 1 is 1.06 bits per heavy atom. The smallest absolute Gasteiger partial charge is 0.148 e. The number of rotatable bonds is 5. The second-order valence-electron chi connectivity index (χ2n) is 3.43. The van der Waals surface area contributed by atoms with Crippen molar-refractivity contribution in [2.24, 2.45) is 0 Å². The molecular weight excluding hydrogens is 216 g/mol. The van der Waals surface area contributed by atoms with Crippen LogP contribution in [0.2, 0.25) is 0 Å². The van der Waals surface area contributed by atoms with Crippen LogP contribution >= 0.6 is 0 Å². The van der Waals surface area contributed by atoms with Gasteiger partial charge in [-0.1, -0.05) is 18.2 Å². The van der Waals surface area contributed by atoms with E-state index in [-0.39, 0.29) is 0 Å². The molecule has 0 aliphatic rings. The molecule has 1 aromatic carbocycles. The van der Waals surface area contributed by atoms with Gasteiger partial charge in [0, 0.05) is 0 Å². The Morgan fingerprint density at radius 3 is 2.59 bits per heavy atom. The maximum atomic E-state index is 5.52. The van der Waals surface area contributed by atoms with Gasteiger partial charge in [0.25, 0.3) is 0 Å². The van der Waals surface area contributed by atoms with E-state index in [0.717, 1.165) is 5.75 Å². The average molecular weight is 230 g/mol. The Labute approximate surface area is 99.6 Å². The third kappa shape index (κ3) is 3.64. The van der Waals surface area contributed by atoms with Crippen LogP contribution in [0.3, 0.4) is 0 Å². The van der Waals surface area contributed by atoms with Crippen molar-refractivity contribution in [1.82, 2.24) is 10.2 Å². The van der Waals surface area contributed by atoms with Crippen LogP contribution in [-0.2, 0) is 0 Å². The first-order valence-electron chi connectivity index (χ1n) is 5.35. The van der Waals surface area contributed by atoms with E-state index in [1.54, 1.807) is 12.1 Å². The quantitative estimate of drug-likeness (QED) is 0.762. The summed E-state index contributed by atoms with van der Waals surface area (Å²) in [5, 5.41) is 10.7. The predicted molar refractivity (Wildman–Crippen MR) is 66.9 cm³/mol. The van der Waals surface area contributed by atoms with Crippen molar-refractivity contribution in [3.05, 3.63) is 42.5 Å². The molecule has 88 valence electrons. The highest BCUT2D eigenvalue weighted by Gasteiger charge is 1.95. The average Bonchev–Trinajstić information content (AvgIpc) is 2.38. The van der Waals surface area contributed by atoms with E-state index in [1.165, 1.54) is 0 Å². The fourth-order valence-corrected chi connectivity index (χ4v) is 1.30. The number of nitrogens with two attached hydrogens (primary N) is 1. The van der Waals surface area contributed by atoms with Crippen molar-refractivity contribution in [1.29, 1.82) is 0 Å². The number of nitrogen functional groups attached to an aromatic ring is 1. The van der Waals surface area contributed by atoms with Gasteiger partial charge in [0.2, 0.25) is 0 Å². The molecule has 2 rings (SSSR count). The molecule has 1 aromatic heterocycles. The molecule has 0 fully saturated rings. The lowest BCUT2D eigenvalue weighted by atomic mass is 10.3. The molecule has 5 nitrogen and oxygen atoms in total. The molecule has 0 bridgehead atoms. The summed E-state index contributed by atoms with van der Waals surface area (Å²) in [5.41, 5.74) is 5.43. The number of ether oxygens (including phenoxy) is 1. The lowest BCUT2D eigenvalue weighted by Crippen LogP contribution is -2.12. The molecule has 3 N–H and O–H groups in total. The van der Waals surface area contributed by atoms with Gasteiger partial charge in [-0.2, -0.15) is 0 Å². The molecule has 2 aromatic rings. The molecule has 1 heterocycles. The van der Waals surface area contributed by atoms with Crippen LogP contribution in [0.5, 0.6) is 5.75 Å². The first-order valence-corrected chi connectivity index (χ1v) is 5.35. The minimum atomic E-state index is 0.413. The Bertz CT molecular complexity index is 444.